The normalized spacial score (nSPS) is 13.2. The lowest BCUT2D eigenvalue weighted by atomic mass is 9.93. The lowest BCUT2D eigenvalue weighted by Gasteiger charge is -2.17. The molecule has 0 bridgehead atoms. The summed E-state index contributed by atoms with van der Waals surface area (Å²) < 4.78 is 4.64. The summed E-state index contributed by atoms with van der Waals surface area (Å²) >= 11 is 0. The van der Waals surface area contributed by atoms with Gasteiger partial charge in [0, 0.05) is 6.42 Å². The Morgan fingerprint density at radius 3 is 3.06 bits per heavy atom. The number of fused-ring (bicyclic) bond motifs is 3. The highest BCUT2D eigenvalue weighted by molar-refractivity contribution is 5.65. The van der Waals surface area contributed by atoms with Gasteiger partial charge in [0.15, 0.2) is 0 Å². The van der Waals surface area contributed by atoms with E-state index in [1.807, 2.05) is 0 Å². The van der Waals surface area contributed by atoms with Gasteiger partial charge in [-0.1, -0.05) is 31.5 Å². The zero-order valence-corrected chi connectivity index (χ0v) is 11.3. The number of unbranched alkanes of at least 4 members (excludes halogenated alkanes) is 1. The number of benzene rings is 1. The van der Waals surface area contributed by atoms with Gasteiger partial charge in [0.1, 0.15) is 12.4 Å². The summed E-state index contributed by atoms with van der Waals surface area (Å²) in [4.78, 5) is 0. The maximum atomic E-state index is 2.39. The second-order valence-corrected chi connectivity index (χ2v) is 5.23. The first-order chi connectivity index (χ1) is 8.81. The van der Waals surface area contributed by atoms with Crippen LogP contribution >= 0.6 is 0 Å². The van der Waals surface area contributed by atoms with Gasteiger partial charge < -0.3 is 0 Å². The summed E-state index contributed by atoms with van der Waals surface area (Å²) in [5.74, 6) is 1.38. The van der Waals surface area contributed by atoms with E-state index in [-0.39, 0.29) is 0 Å². The summed E-state index contributed by atoms with van der Waals surface area (Å²) in [6, 6.07) is 6.82. The molecule has 0 unspecified atom stereocenters. The van der Waals surface area contributed by atoms with Crippen molar-refractivity contribution in [2.45, 2.75) is 39.2 Å². The lowest BCUT2D eigenvalue weighted by molar-refractivity contribution is -0.659. The molecule has 0 radical (unpaired) electrons. The van der Waals surface area contributed by atoms with Crippen molar-refractivity contribution in [3.63, 3.8) is 0 Å². The van der Waals surface area contributed by atoms with Crippen molar-refractivity contribution in [3.05, 3.63) is 41.7 Å². The van der Waals surface area contributed by atoms with Crippen LogP contribution in [-0.4, -0.2) is 4.57 Å². The molecule has 0 saturated carbocycles. The van der Waals surface area contributed by atoms with Crippen LogP contribution in [0.2, 0.25) is 0 Å². The summed E-state index contributed by atoms with van der Waals surface area (Å²) in [6.45, 7) is 3.37. The average Bonchev–Trinajstić information content (AvgIpc) is 2.78. The first kappa shape index (κ1) is 11.5. The standard InChI is InChI=1S/C16H21N2/c1-3-4-6-13-7-5-8-14-9-10-18-12-11-17(2)16(18)15(13)14/h5,7-8,11-12H,3-4,6,9-10H2,1-2H3/q+1. The van der Waals surface area contributed by atoms with E-state index in [4.69, 9.17) is 0 Å². The fourth-order valence-electron chi connectivity index (χ4n) is 2.99. The highest BCUT2D eigenvalue weighted by Gasteiger charge is 2.26. The molecule has 0 atom stereocenters. The van der Waals surface area contributed by atoms with E-state index in [0.717, 1.165) is 13.0 Å². The van der Waals surface area contributed by atoms with Gasteiger partial charge in [-0.05, 0) is 24.0 Å². The summed E-state index contributed by atoms with van der Waals surface area (Å²) in [6.07, 6.45) is 9.27. The highest BCUT2D eigenvalue weighted by Crippen LogP contribution is 2.31. The molecule has 1 aliphatic rings. The van der Waals surface area contributed by atoms with Crippen molar-refractivity contribution < 1.29 is 4.57 Å². The van der Waals surface area contributed by atoms with Crippen molar-refractivity contribution in [3.8, 4) is 11.4 Å². The summed E-state index contributed by atoms with van der Waals surface area (Å²) in [5, 5.41) is 0. The van der Waals surface area contributed by atoms with Gasteiger partial charge in [0.2, 0.25) is 0 Å². The molecular formula is C16H21N2+. The zero-order valence-electron chi connectivity index (χ0n) is 11.3. The Hall–Kier alpha value is -1.57. The number of hydrogen-bond acceptors (Lipinski definition) is 0. The molecule has 2 heteroatoms. The topological polar surface area (TPSA) is 8.81 Å². The molecule has 2 nitrogen and oxygen atoms in total. The van der Waals surface area contributed by atoms with Crippen LogP contribution in [0.5, 0.6) is 0 Å². The third-order valence-electron chi connectivity index (χ3n) is 3.96. The third kappa shape index (κ3) is 1.76. The quantitative estimate of drug-likeness (QED) is 0.731. The van der Waals surface area contributed by atoms with Gasteiger partial charge >= 0.3 is 0 Å². The first-order valence-electron chi connectivity index (χ1n) is 6.97. The number of hydrogen-bond donors (Lipinski definition) is 0. The molecule has 94 valence electrons. The monoisotopic (exact) mass is 241 g/mol. The maximum absolute atomic E-state index is 2.39. The number of nitrogens with zero attached hydrogens (tertiary/aromatic N) is 2. The van der Waals surface area contributed by atoms with Gasteiger partial charge in [-0.25, -0.2) is 9.13 Å². The van der Waals surface area contributed by atoms with Gasteiger partial charge in [-0.3, -0.25) is 0 Å². The van der Waals surface area contributed by atoms with E-state index in [1.54, 1.807) is 0 Å². The Kier molecular flexibility index (Phi) is 2.94. The predicted molar refractivity (Wildman–Crippen MR) is 73.4 cm³/mol. The van der Waals surface area contributed by atoms with Crippen molar-refractivity contribution in [1.82, 2.24) is 4.57 Å². The van der Waals surface area contributed by atoms with E-state index in [9.17, 15) is 0 Å². The largest absolute Gasteiger partial charge is 0.289 e. The van der Waals surface area contributed by atoms with Crippen LogP contribution in [-0.2, 0) is 26.4 Å². The molecule has 3 rings (SSSR count). The van der Waals surface area contributed by atoms with Crippen molar-refractivity contribution in [2.24, 2.45) is 7.05 Å². The molecule has 0 amide bonds. The molecule has 0 saturated heterocycles. The molecule has 0 spiro atoms. The van der Waals surface area contributed by atoms with Gasteiger partial charge in [-0.2, -0.15) is 0 Å². The fraction of sp³-hybridized carbons (Fsp3) is 0.438. The maximum Gasteiger partial charge on any atom is 0.289 e. The van der Waals surface area contributed by atoms with Crippen molar-refractivity contribution >= 4 is 0 Å². The van der Waals surface area contributed by atoms with Crippen LogP contribution in [0.15, 0.2) is 30.6 Å². The lowest BCUT2D eigenvalue weighted by Crippen LogP contribution is -2.31. The van der Waals surface area contributed by atoms with Crippen LogP contribution in [0.3, 0.4) is 0 Å². The second-order valence-electron chi connectivity index (χ2n) is 5.23. The molecule has 2 heterocycles. The Labute approximate surface area is 109 Å². The SMILES string of the molecule is CCCCc1cccc2c1-c1n(cc[n+]1C)CC2. The van der Waals surface area contributed by atoms with Crippen LogP contribution in [0, 0.1) is 0 Å². The molecule has 0 fully saturated rings. The third-order valence-corrected chi connectivity index (χ3v) is 3.96. The Bertz CT molecular complexity index is 566. The number of imidazole rings is 1. The second kappa shape index (κ2) is 4.60. The number of rotatable bonds is 3. The molecule has 2 aromatic rings. The summed E-state index contributed by atoms with van der Waals surface area (Å²) in [7, 11) is 2.15. The Balaban J connectivity index is 2.14. The molecular weight excluding hydrogens is 220 g/mol. The van der Waals surface area contributed by atoms with E-state index in [1.165, 1.54) is 41.8 Å². The molecule has 1 aromatic heterocycles. The van der Waals surface area contributed by atoms with Crippen LogP contribution < -0.4 is 4.57 Å². The smallest absolute Gasteiger partial charge is 0.233 e. The molecule has 0 aliphatic carbocycles. The molecule has 1 aromatic carbocycles. The van der Waals surface area contributed by atoms with Gasteiger partial charge in [0.25, 0.3) is 5.82 Å². The zero-order chi connectivity index (χ0) is 12.5. The Morgan fingerprint density at radius 1 is 1.33 bits per heavy atom. The first-order valence-corrected chi connectivity index (χ1v) is 6.97. The van der Waals surface area contributed by atoms with Crippen LogP contribution in [0.4, 0.5) is 0 Å². The van der Waals surface area contributed by atoms with Gasteiger partial charge in [-0.15, -0.1) is 0 Å². The minimum atomic E-state index is 1.11. The molecule has 0 N–H and O–H groups in total. The highest BCUT2D eigenvalue weighted by atomic mass is 15.1. The molecule has 1 aliphatic heterocycles. The number of aromatic nitrogens is 2. The van der Waals surface area contributed by atoms with Crippen molar-refractivity contribution in [2.75, 3.05) is 0 Å². The fourth-order valence-corrected chi connectivity index (χ4v) is 2.99. The van der Waals surface area contributed by atoms with E-state index < -0.39 is 0 Å². The van der Waals surface area contributed by atoms with Crippen LogP contribution in [0.25, 0.3) is 11.4 Å². The van der Waals surface area contributed by atoms with Gasteiger partial charge in [0.05, 0.1) is 19.2 Å². The minimum absolute atomic E-state index is 1.11. The van der Waals surface area contributed by atoms with Crippen molar-refractivity contribution in [1.29, 1.82) is 0 Å². The predicted octanol–water partition coefficient (Wildman–Crippen LogP) is 2.88. The summed E-state index contributed by atoms with van der Waals surface area (Å²) in [5.41, 5.74) is 4.53. The average molecular weight is 241 g/mol. The van der Waals surface area contributed by atoms with E-state index in [2.05, 4.69) is 53.7 Å². The molecule has 18 heavy (non-hydrogen) atoms. The minimum Gasteiger partial charge on any atom is -0.233 e. The van der Waals surface area contributed by atoms with Crippen LogP contribution in [0.1, 0.15) is 30.9 Å². The van der Waals surface area contributed by atoms with E-state index >= 15 is 0 Å². The number of aryl methyl sites for hydroxylation is 4. The van der Waals surface area contributed by atoms with E-state index in [0.29, 0.717) is 0 Å². The Morgan fingerprint density at radius 2 is 2.22 bits per heavy atom.